The van der Waals surface area contributed by atoms with Gasteiger partial charge < -0.3 is 15.0 Å². The van der Waals surface area contributed by atoms with Gasteiger partial charge in [0.15, 0.2) is 0 Å². The first kappa shape index (κ1) is 17.0. The molecule has 2 rings (SSSR count). The van der Waals surface area contributed by atoms with E-state index in [0.29, 0.717) is 38.8 Å². The minimum atomic E-state index is -3.57. The van der Waals surface area contributed by atoms with Gasteiger partial charge >= 0.3 is 0 Å². The summed E-state index contributed by atoms with van der Waals surface area (Å²) >= 11 is 0. The van der Waals surface area contributed by atoms with Crippen LogP contribution in [0.15, 0.2) is 17.2 Å². The normalized spacial score (nSPS) is 16.9. The van der Waals surface area contributed by atoms with Crippen molar-refractivity contribution < 1.29 is 17.9 Å². The number of nitrogens with zero attached hydrogens (tertiary/aromatic N) is 1. The predicted octanol–water partition coefficient (Wildman–Crippen LogP) is 0.811. The number of rotatable bonds is 6. The Balaban J connectivity index is 2.02. The lowest BCUT2D eigenvalue weighted by molar-refractivity contribution is 0.0730. The predicted molar refractivity (Wildman–Crippen MR) is 82.2 cm³/mol. The molecule has 1 aromatic rings. The number of aromatic amines is 1. The summed E-state index contributed by atoms with van der Waals surface area (Å²) in [5.41, 5.74) is 0.260. The molecule has 0 aromatic carbocycles. The fourth-order valence-electron chi connectivity index (χ4n) is 2.16. The van der Waals surface area contributed by atoms with Crippen LogP contribution in [0, 0.1) is 5.92 Å². The highest BCUT2D eigenvalue weighted by Gasteiger charge is 2.27. The maximum atomic E-state index is 12.4. The quantitative estimate of drug-likeness (QED) is 0.808. The molecule has 1 aliphatic rings. The van der Waals surface area contributed by atoms with Crippen LogP contribution in [0.3, 0.4) is 0 Å². The molecule has 22 heavy (non-hydrogen) atoms. The van der Waals surface area contributed by atoms with Crippen LogP contribution in [0.25, 0.3) is 0 Å². The lowest BCUT2D eigenvalue weighted by Crippen LogP contribution is -2.40. The Morgan fingerprint density at radius 1 is 1.41 bits per heavy atom. The number of aromatic nitrogens is 1. The van der Waals surface area contributed by atoms with Gasteiger partial charge in [-0.2, -0.15) is 4.31 Å². The Kier molecular flexibility index (Phi) is 5.60. The number of H-pyrrole nitrogens is 1. The van der Waals surface area contributed by atoms with Gasteiger partial charge in [0.05, 0.1) is 13.2 Å². The van der Waals surface area contributed by atoms with Gasteiger partial charge in [-0.15, -0.1) is 0 Å². The summed E-state index contributed by atoms with van der Waals surface area (Å²) in [5.74, 6) is 0.213. The maximum Gasteiger partial charge on any atom is 0.267 e. The third-order valence-corrected chi connectivity index (χ3v) is 5.39. The van der Waals surface area contributed by atoms with Crippen molar-refractivity contribution in [1.29, 1.82) is 0 Å². The fraction of sp³-hybridized carbons (Fsp3) is 0.643. The minimum absolute atomic E-state index is 0.114. The number of carbonyl (C=O) groups is 1. The molecule has 8 heteroatoms. The number of nitrogens with one attached hydrogen (secondary N) is 2. The van der Waals surface area contributed by atoms with Crippen LogP contribution in [0.1, 0.15) is 30.8 Å². The summed E-state index contributed by atoms with van der Waals surface area (Å²) in [6, 6.07) is 1.38. The Labute approximate surface area is 131 Å². The topological polar surface area (TPSA) is 91.5 Å². The van der Waals surface area contributed by atoms with Crippen molar-refractivity contribution in [3.8, 4) is 0 Å². The molecule has 7 nitrogen and oxygen atoms in total. The van der Waals surface area contributed by atoms with Crippen molar-refractivity contribution >= 4 is 15.9 Å². The second-order valence-corrected chi connectivity index (χ2v) is 7.64. The molecule has 1 aliphatic heterocycles. The molecular formula is C14H23N3O4S. The van der Waals surface area contributed by atoms with Crippen LogP contribution in [-0.2, 0) is 14.8 Å². The second kappa shape index (κ2) is 7.26. The van der Waals surface area contributed by atoms with Gasteiger partial charge in [0.25, 0.3) is 5.91 Å². The Hall–Kier alpha value is -1.38. The molecule has 1 aromatic heterocycles. The second-order valence-electron chi connectivity index (χ2n) is 5.70. The minimum Gasteiger partial charge on any atom is -0.379 e. The summed E-state index contributed by atoms with van der Waals surface area (Å²) in [6.07, 6.45) is 2.24. The summed E-state index contributed by atoms with van der Waals surface area (Å²) in [6.45, 7) is 6.19. The van der Waals surface area contributed by atoms with Crippen molar-refractivity contribution in [2.45, 2.75) is 25.2 Å². The monoisotopic (exact) mass is 329 g/mol. The van der Waals surface area contributed by atoms with Gasteiger partial charge in [0, 0.05) is 25.8 Å². The first-order valence-electron chi connectivity index (χ1n) is 7.46. The maximum absolute atomic E-state index is 12.4. The average Bonchev–Trinajstić information content (AvgIpc) is 2.98. The van der Waals surface area contributed by atoms with Crippen molar-refractivity contribution in [1.82, 2.24) is 14.6 Å². The smallest absolute Gasteiger partial charge is 0.267 e. The van der Waals surface area contributed by atoms with E-state index < -0.39 is 10.0 Å². The zero-order chi connectivity index (χ0) is 16.2. The molecule has 0 unspecified atom stereocenters. The van der Waals surface area contributed by atoms with E-state index in [1.54, 1.807) is 0 Å². The van der Waals surface area contributed by atoms with E-state index in [0.717, 1.165) is 6.42 Å². The summed E-state index contributed by atoms with van der Waals surface area (Å²) in [7, 11) is -3.57. The molecule has 2 heterocycles. The van der Waals surface area contributed by atoms with Crippen LogP contribution in [0.4, 0.5) is 0 Å². The number of carbonyl (C=O) groups excluding carboxylic acids is 1. The fourth-order valence-corrected chi connectivity index (χ4v) is 3.56. The van der Waals surface area contributed by atoms with Gasteiger partial charge in [-0.25, -0.2) is 8.42 Å². The summed E-state index contributed by atoms with van der Waals surface area (Å²) in [5, 5.41) is 2.78. The molecule has 1 fully saturated rings. The van der Waals surface area contributed by atoms with E-state index in [1.807, 2.05) is 0 Å². The highest BCUT2D eigenvalue weighted by atomic mass is 32.2. The largest absolute Gasteiger partial charge is 0.379 e. The van der Waals surface area contributed by atoms with Crippen LogP contribution in [-0.4, -0.2) is 56.5 Å². The molecule has 1 saturated heterocycles. The zero-order valence-corrected chi connectivity index (χ0v) is 13.8. The van der Waals surface area contributed by atoms with Crippen LogP contribution in [0.5, 0.6) is 0 Å². The van der Waals surface area contributed by atoms with Crippen molar-refractivity contribution in [2.75, 3.05) is 32.8 Å². The van der Waals surface area contributed by atoms with E-state index in [2.05, 4.69) is 24.1 Å². The molecular weight excluding hydrogens is 306 g/mol. The highest BCUT2D eigenvalue weighted by molar-refractivity contribution is 7.89. The zero-order valence-electron chi connectivity index (χ0n) is 13.0. The molecule has 0 radical (unpaired) electrons. The van der Waals surface area contributed by atoms with Crippen LogP contribution < -0.4 is 5.32 Å². The first-order valence-corrected chi connectivity index (χ1v) is 8.90. The molecule has 0 bridgehead atoms. The number of morpholine rings is 1. The van der Waals surface area contributed by atoms with Gasteiger partial charge in [-0.3, -0.25) is 4.79 Å². The van der Waals surface area contributed by atoms with E-state index in [-0.39, 0.29) is 16.5 Å². The Morgan fingerprint density at radius 2 is 2.09 bits per heavy atom. The summed E-state index contributed by atoms with van der Waals surface area (Å²) < 4.78 is 31.4. The van der Waals surface area contributed by atoms with Crippen LogP contribution >= 0.6 is 0 Å². The van der Waals surface area contributed by atoms with Gasteiger partial charge in [-0.1, -0.05) is 13.8 Å². The third kappa shape index (κ3) is 4.08. The molecule has 2 N–H and O–H groups in total. The van der Waals surface area contributed by atoms with Crippen molar-refractivity contribution in [2.24, 2.45) is 5.92 Å². The molecule has 0 saturated carbocycles. The lowest BCUT2D eigenvalue weighted by atomic mass is 10.1. The summed E-state index contributed by atoms with van der Waals surface area (Å²) in [4.78, 5) is 14.8. The number of hydrogen-bond donors (Lipinski definition) is 2. The van der Waals surface area contributed by atoms with Crippen LogP contribution in [0.2, 0.25) is 0 Å². The highest BCUT2D eigenvalue weighted by Crippen LogP contribution is 2.18. The standard InChI is InChI=1S/C14H23N3O4S/c1-11(2)3-4-15-14(18)13-9-12(10-16-13)22(19,20)17-5-7-21-8-6-17/h9-11,16H,3-8H2,1-2H3,(H,15,18). The van der Waals surface area contributed by atoms with E-state index >= 15 is 0 Å². The lowest BCUT2D eigenvalue weighted by Gasteiger charge is -2.25. The average molecular weight is 329 g/mol. The van der Waals surface area contributed by atoms with Gasteiger partial charge in [0.2, 0.25) is 10.0 Å². The van der Waals surface area contributed by atoms with E-state index in [4.69, 9.17) is 4.74 Å². The number of hydrogen-bond acceptors (Lipinski definition) is 4. The molecule has 0 spiro atoms. The molecule has 0 atom stereocenters. The number of sulfonamides is 1. The van der Waals surface area contributed by atoms with Crippen molar-refractivity contribution in [3.05, 3.63) is 18.0 Å². The van der Waals surface area contributed by atoms with E-state index in [1.165, 1.54) is 16.6 Å². The van der Waals surface area contributed by atoms with E-state index in [9.17, 15) is 13.2 Å². The molecule has 0 aliphatic carbocycles. The number of ether oxygens (including phenoxy) is 1. The van der Waals surface area contributed by atoms with Crippen molar-refractivity contribution in [3.63, 3.8) is 0 Å². The SMILES string of the molecule is CC(C)CCNC(=O)c1cc(S(=O)(=O)N2CCOCC2)c[nH]1. The molecule has 1 amide bonds. The molecule has 124 valence electrons. The Morgan fingerprint density at radius 3 is 2.73 bits per heavy atom. The first-order chi connectivity index (χ1) is 10.4. The Bertz CT molecular complexity index is 603. The van der Waals surface area contributed by atoms with Gasteiger partial charge in [-0.05, 0) is 18.4 Å². The third-order valence-electron chi connectivity index (χ3n) is 3.52. The number of amides is 1. The van der Waals surface area contributed by atoms with Gasteiger partial charge in [0.1, 0.15) is 10.6 Å².